The molecule has 1 saturated heterocycles. The summed E-state index contributed by atoms with van der Waals surface area (Å²) < 4.78 is 1.17. The van der Waals surface area contributed by atoms with Gasteiger partial charge in [0.15, 0.2) is 0 Å². The molecule has 0 aromatic heterocycles. The Balaban J connectivity index is 2.34. The molecule has 0 amide bonds. The molecule has 0 radical (unpaired) electrons. The van der Waals surface area contributed by atoms with Crippen LogP contribution in [0.2, 0.25) is 0 Å². The fourth-order valence-corrected chi connectivity index (χ4v) is 2.34. The fourth-order valence-electron chi connectivity index (χ4n) is 1.58. The maximum Gasteiger partial charge on any atom is 0.317 e. The van der Waals surface area contributed by atoms with Crippen molar-refractivity contribution >= 4 is 28.6 Å². The number of alkyl halides is 1. The van der Waals surface area contributed by atoms with Crippen molar-refractivity contribution in [3.05, 3.63) is 0 Å². The van der Waals surface area contributed by atoms with Crippen molar-refractivity contribution in [2.75, 3.05) is 24.1 Å². The van der Waals surface area contributed by atoms with Gasteiger partial charge >= 0.3 is 5.97 Å². The molecule has 1 heterocycles. The second kappa shape index (κ2) is 4.59. The molecule has 0 unspecified atom stereocenters. The monoisotopic (exact) mass is 297 g/mol. The Labute approximate surface area is 92.6 Å². The normalized spacial score (nSPS) is 22.9. The average Bonchev–Trinajstić information content (AvgIpc) is 2.09. The van der Waals surface area contributed by atoms with Gasteiger partial charge in [-0.3, -0.25) is 9.69 Å². The van der Waals surface area contributed by atoms with Gasteiger partial charge in [0.2, 0.25) is 0 Å². The Morgan fingerprint density at radius 3 is 2.46 bits per heavy atom. The van der Waals surface area contributed by atoms with E-state index >= 15 is 0 Å². The first-order chi connectivity index (χ1) is 6.06. The molecule has 0 aliphatic carbocycles. The summed E-state index contributed by atoms with van der Waals surface area (Å²) in [6.45, 7) is 4.37. The molecule has 1 aliphatic heterocycles. The molecule has 0 bridgehead atoms. The van der Waals surface area contributed by atoms with Crippen LogP contribution >= 0.6 is 22.6 Å². The third-order valence-corrected chi connectivity index (χ3v) is 4.59. The SMILES string of the molecule is CC1(CI)CCN(CC(=O)O)CC1. The van der Waals surface area contributed by atoms with E-state index in [9.17, 15) is 4.79 Å². The minimum atomic E-state index is -0.710. The third kappa shape index (κ3) is 3.42. The summed E-state index contributed by atoms with van der Waals surface area (Å²) >= 11 is 2.42. The van der Waals surface area contributed by atoms with Gasteiger partial charge in [0.25, 0.3) is 0 Å². The largest absolute Gasteiger partial charge is 0.480 e. The van der Waals surface area contributed by atoms with Crippen LogP contribution in [0.5, 0.6) is 0 Å². The van der Waals surface area contributed by atoms with Crippen LogP contribution in [0.1, 0.15) is 19.8 Å². The van der Waals surface area contributed by atoms with E-state index in [0.29, 0.717) is 5.41 Å². The minimum absolute atomic E-state index is 0.206. The number of likely N-dealkylation sites (tertiary alicyclic amines) is 1. The van der Waals surface area contributed by atoms with Gasteiger partial charge in [-0.1, -0.05) is 29.5 Å². The van der Waals surface area contributed by atoms with Crippen LogP contribution in [0.4, 0.5) is 0 Å². The summed E-state index contributed by atoms with van der Waals surface area (Å²) in [4.78, 5) is 12.5. The molecule has 4 heteroatoms. The van der Waals surface area contributed by atoms with Crippen LogP contribution in [0.15, 0.2) is 0 Å². The fraction of sp³-hybridized carbons (Fsp3) is 0.889. The molecule has 13 heavy (non-hydrogen) atoms. The van der Waals surface area contributed by atoms with E-state index in [2.05, 4.69) is 29.5 Å². The summed E-state index contributed by atoms with van der Waals surface area (Å²) in [5.41, 5.74) is 0.440. The number of carboxylic acids is 1. The topological polar surface area (TPSA) is 40.5 Å². The van der Waals surface area contributed by atoms with Gasteiger partial charge in [-0.2, -0.15) is 0 Å². The molecule has 1 N–H and O–H groups in total. The Morgan fingerprint density at radius 2 is 2.08 bits per heavy atom. The number of hydrogen-bond acceptors (Lipinski definition) is 2. The molecule has 0 saturated carbocycles. The predicted octanol–water partition coefficient (Wildman–Crippen LogP) is 1.61. The van der Waals surface area contributed by atoms with Crippen molar-refractivity contribution in [3.8, 4) is 0 Å². The zero-order valence-electron chi connectivity index (χ0n) is 7.92. The highest BCUT2D eigenvalue weighted by atomic mass is 127. The number of piperidine rings is 1. The Kier molecular flexibility index (Phi) is 3.97. The van der Waals surface area contributed by atoms with E-state index in [1.807, 2.05) is 4.90 Å². The van der Waals surface area contributed by atoms with Crippen molar-refractivity contribution < 1.29 is 9.90 Å². The lowest BCUT2D eigenvalue weighted by Crippen LogP contribution is -2.41. The van der Waals surface area contributed by atoms with Gasteiger partial charge in [-0.05, 0) is 31.3 Å². The highest BCUT2D eigenvalue weighted by molar-refractivity contribution is 14.1. The Hall–Kier alpha value is 0.160. The molecule has 76 valence electrons. The smallest absolute Gasteiger partial charge is 0.317 e. The van der Waals surface area contributed by atoms with Gasteiger partial charge in [-0.25, -0.2) is 0 Å². The standard InChI is InChI=1S/C9H16INO2/c1-9(7-10)2-4-11(5-3-9)6-8(12)13/h2-7H2,1H3,(H,12,13). The minimum Gasteiger partial charge on any atom is -0.480 e. The van der Waals surface area contributed by atoms with Crippen molar-refractivity contribution in [1.29, 1.82) is 0 Å². The van der Waals surface area contributed by atoms with E-state index in [1.165, 1.54) is 4.43 Å². The van der Waals surface area contributed by atoms with Crippen molar-refractivity contribution in [2.45, 2.75) is 19.8 Å². The van der Waals surface area contributed by atoms with E-state index < -0.39 is 5.97 Å². The summed E-state index contributed by atoms with van der Waals surface area (Å²) in [6, 6.07) is 0. The maximum atomic E-state index is 10.5. The second-order valence-corrected chi connectivity index (χ2v) is 4.88. The lowest BCUT2D eigenvalue weighted by atomic mass is 9.83. The number of halogens is 1. The van der Waals surface area contributed by atoms with Gasteiger partial charge < -0.3 is 5.11 Å². The van der Waals surface area contributed by atoms with Gasteiger partial charge in [0.1, 0.15) is 0 Å². The predicted molar refractivity (Wildman–Crippen MR) is 60.3 cm³/mol. The Morgan fingerprint density at radius 1 is 1.54 bits per heavy atom. The number of rotatable bonds is 3. The first-order valence-corrected chi connectivity index (χ1v) is 6.08. The van der Waals surface area contributed by atoms with Crippen LogP contribution < -0.4 is 0 Å². The number of carbonyl (C=O) groups is 1. The molecule has 0 aromatic carbocycles. The molecule has 1 aliphatic rings. The third-order valence-electron chi connectivity index (χ3n) is 2.74. The van der Waals surface area contributed by atoms with E-state index in [-0.39, 0.29) is 6.54 Å². The highest BCUT2D eigenvalue weighted by Gasteiger charge is 2.29. The first-order valence-electron chi connectivity index (χ1n) is 4.56. The van der Waals surface area contributed by atoms with Gasteiger partial charge in [0.05, 0.1) is 6.54 Å². The van der Waals surface area contributed by atoms with Crippen molar-refractivity contribution in [3.63, 3.8) is 0 Å². The van der Waals surface area contributed by atoms with Crippen LogP contribution in [0, 0.1) is 5.41 Å². The lowest BCUT2D eigenvalue weighted by molar-refractivity contribution is -0.138. The van der Waals surface area contributed by atoms with Crippen LogP contribution in [-0.4, -0.2) is 40.0 Å². The van der Waals surface area contributed by atoms with E-state index in [0.717, 1.165) is 25.9 Å². The number of carboxylic acid groups (broad SMARTS) is 1. The van der Waals surface area contributed by atoms with Crippen molar-refractivity contribution in [2.24, 2.45) is 5.41 Å². The van der Waals surface area contributed by atoms with E-state index in [4.69, 9.17) is 5.11 Å². The van der Waals surface area contributed by atoms with Gasteiger partial charge in [0, 0.05) is 4.43 Å². The number of aliphatic carboxylic acids is 1. The molecular formula is C9H16INO2. The first kappa shape index (κ1) is 11.2. The molecule has 0 atom stereocenters. The number of nitrogens with zero attached hydrogens (tertiary/aromatic N) is 1. The molecular weight excluding hydrogens is 281 g/mol. The molecule has 1 fully saturated rings. The summed E-state index contributed by atoms with van der Waals surface area (Å²) in [6.07, 6.45) is 2.26. The average molecular weight is 297 g/mol. The molecule has 0 aromatic rings. The highest BCUT2D eigenvalue weighted by Crippen LogP contribution is 2.32. The van der Waals surface area contributed by atoms with Crippen molar-refractivity contribution in [1.82, 2.24) is 4.90 Å². The quantitative estimate of drug-likeness (QED) is 0.635. The molecule has 0 spiro atoms. The van der Waals surface area contributed by atoms with Crippen LogP contribution in [0.3, 0.4) is 0 Å². The summed E-state index contributed by atoms with van der Waals surface area (Å²) in [7, 11) is 0. The molecule has 1 rings (SSSR count). The summed E-state index contributed by atoms with van der Waals surface area (Å²) in [5.74, 6) is -0.710. The Bertz CT molecular complexity index is 188. The van der Waals surface area contributed by atoms with Crippen LogP contribution in [0.25, 0.3) is 0 Å². The van der Waals surface area contributed by atoms with Crippen LogP contribution in [-0.2, 0) is 4.79 Å². The zero-order chi connectivity index (χ0) is 9.90. The lowest BCUT2D eigenvalue weighted by Gasteiger charge is -2.37. The molecule has 3 nitrogen and oxygen atoms in total. The summed E-state index contributed by atoms with van der Waals surface area (Å²) in [5, 5.41) is 8.61. The van der Waals surface area contributed by atoms with Gasteiger partial charge in [-0.15, -0.1) is 0 Å². The zero-order valence-corrected chi connectivity index (χ0v) is 10.1. The van der Waals surface area contributed by atoms with E-state index in [1.54, 1.807) is 0 Å². The number of hydrogen-bond donors (Lipinski definition) is 1. The second-order valence-electron chi connectivity index (χ2n) is 4.11. The maximum absolute atomic E-state index is 10.5.